The van der Waals surface area contributed by atoms with Crippen LogP contribution in [0.2, 0.25) is 0 Å². The van der Waals surface area contributed by atoms with Gasteiger partial charge in [0.25, 0.3) is 0 Å². The van der Waals surface area contributed by atoms with Gasteiger partial charge in [-0.3, -0.25) is 4.79 Å². The van der Waals surface area contributed by atoms with Crippen molar-refractivity contribution in [2.45, 2.75) is 6.42 Å². The van der Waals surface area contributed by atoms with Crippen molar-refractivity contribution in [1.82, 2.24) is 0 Å². The topological polar surface area (TPSA) is 56.8 Å². The van der Waals surface area contributed by atoms with Crippen molar-refractivity contribution in [3.8, 4) is 17.2 Å². The fourth-order valence-electron chi connectivity index (χ4n) is 2.18. The highest BCUT2D eigenvalue weighted by atomic mass is 16.5. The van der Waals surface area contributed by atoms with Gasteiger partial charge in [0.15, 0.2) is 17.3 Å². The Labute approximate surface area is 136 Å². The number of rotatable bonds is 8. The molecule has 5 heteroatoms. The molecule has 0 saturated heterocycles. The third-order valence-corrected chi connectivity index (χ3v) is 3.48. The summed E-state index contributed by atoms with van der Waals surface area (Å²) in [6.07, 6.45) is 0.390. The zero-order valence-electron chi connectivity index (χ0n) is 13.6. The highest BCUT2D eigenvalue weighted by Gasteiger charge is 2.10. The second-order valence-electron chi connectivity index (χ2n) is 4.90. The third kappa shape index (κ3) is 4.39. The van der Waals surface area contributed by atoms with Gasteiger partial charge in [0.2, 0.25) is 0 Å². The van der Waals surface area contributed by atoms with Crippen molar-refractivity contribution in [1.29, 1.82) is 0 Å². The monoisotopic (exact) mass is 315 g/mol. The Bertz CT molecular complexity index is 653. The summed E-state index contributed by atoms with van der Waals surface area (Å²) in [5.41, 5.74) is 1.56. The fraction of sp³-hybridized carbons (Fsp3) is 0.278. The lowest BCUT2D eigenvalue weighted by molar-refractivity contribution is 0.0986. The fourth-order valence-corrected chi connectivity index (χ4v) is 2.18. The lowest BCUT2D eigenvalue weighted by Gasteiger charge is -2.10. The molecule has 0 radical (unpaired) electrons. The van der Waals surface area contributed by atoms with Gasteiger partial charge >= 0.3 is 0 Å². The van der Waals surface area contributed by atoms with E-state index in [0.717, 1.165) is 11.4 Å². The number of methoxy groups -OCH3 is 3. The molecule has 23 heavy (non-hydrogen) atoms. The Hall–Kier alpha value is -2.69. The molecule has 0 bridgehead atoms. The maximum absolute atomic E-state index is 12.2. The summed E-state index contributed by atoms with van der Waals surface area (Å²) in [5, 5.41) is 3.22. The molecule has 0 amide bonds. The van der Waals surface area contributed by atoms with E-state index >= 15 is 0 Å². The van der Waals surface area contributed by atoms with Gasteiger partial charge in [-0.15, -0.1) is 0 Å². The number of hydrogen-bond donors (Lipinski definition) is 1. The van der Waals surface area contributed by atoms with E-state index in [1.54, 1.807) is 39.5 Å². The summed E-state index contributed by atoms with van der Waals surface area (Å²) in [6.45, 7) is 0.555. The third-order valence-electron chi connectivity index (χ3n) is 3.48. The van der Waals surface area contributed by atoms with Gasteiger partial charge in [0.05, 0.1) is 21.3 Å². The predicted octanol–water partition coefficient (Wildman–Crippen LogP) is 3.40. The minimum absolute atomic E-state index is 0.0481. The lowest BCUT2D eigenvalue weighted by Crippen LogP contribution is -2.09. The molecule has 0 aliphatic carbocycles. The van der Waals surface area contributed by atoms with Crippen molar-refractivity contribution in [3.05, 3.63) is 48.0 Å². The molecule has 0 aliphatic heterocycles. The van der Waals surface area contributed by atoms with Crippen molar-refractivity contribution in [3.63, 3.8) is 0 Å². The smallest absolute Gasteiger partial charge is 0.164 e. The van der Waals surface area contributed by atoms with Crippen LogP contribution in [0, 0.1) is 0 Å². The van der Waals surface area contributed by atoms with Gasteiger partial charge < -0.3 is 19.5 Å². The van der Waals surface area contributed by atoms with Crippen molar-refractivity contribution < 1.29 is 19.0 Å². The van der Waals surface area contributed by atoms with Gasteiger partial charge in [-0.25, -0.2) is 0 Å². The van der Waals surface area contributed by atoms with E-state index in [9.17, 15) is 4.79 Å². The largest absolute Gasteiger partial charge is 0.497 e. The maximum Gasteiger partial charge on any atom is 0.164 e. The highest BCUT2D eigenvalue weighted by molar-refractivity contribution is 5.97. The van der Waals surface area contributed by atoms with Crippen LogP contribution in [0.3, 0.4) is 0 Å². The van der Waals surface area contributed by atoms with Crippen molar-refractivity contribution >= 4 is 11.5 Å². The first-order chi connectivity index (χ1) is 11.2. The van der Waals surface area contributed by atoms with E-state index in [-0.39, 0.29) is 5.78 Å². The Morgan fingerprint density at radius 1 is 0.913 bits per heavy atom. The molecule has 2 rings (SSSR count). The molecule has 0 atom stereocenters. The minimum Gasteiger partial charge on any atom is -0.497 e. The number of anilines is 1. The SMILES string of the molecule is COc1ccc(NCCC(=O)c2ccc(OC)c(OC)c2)cc1. The normalized spacial score (nSPS) is 10.0. The van der Waals surface area contributed by atoms with Gasteiger partial charge in [-0.1, -0.05) is 0 Å². The van der Waals surface area contributed by atoms with E-state index < -0.39 is 0 Å². The maximum atomic E-state index is 12.2. The Balaban J connectivity index is 1.91. The van der Waals surface area contributed by atoms with Crippen molar-refractivity contribution in [2.24, 2.45) is 0 Å². The molecule has 0 heterocycles. The molecular weight excluding hydrogens is 294 g/mol. The first-order valence-electron chi connectivity index (χ1n) is 7.31. The minimum atomic E-state index is 0.0481. The Morgan fingerprint density at radius 2 is 1.61 bits per heavy atom. The first-order valence-corrected chi connectivity index (χ1v) is 7.31. The summed E-state index contributed by atoms with van der Waals surface area (Å²) in [7, 11) is 4.75. The van der Waals surface area contributed by atoms with E-state index in [4.69, 9.17) is 14.2 Å². The summed E-state index contributed by atoms with van der Waals surface area (Å²) in [4.78, 5) is 12.2. The average molecular weight is 315 g/mol. The molecule has 1 N–H and O–H groups in total. The number of ether oxygens (including phenoxy) is 3. The summed E-state index contributed by atoms with van der Waals surface area (Å²) >= 11 is 0. The van der Waals surface area contributed by atoms with Crippen LogP contribution in [-0.4, -0.2) is 33.7 Å². The number of ketones is 1. The van der Waals surface area contributed by atoms with Gasteiger partial charge in [0, 0.05) is 24.2 Å². The van der Waals surface area contributed by atoms with Crippen LogP contribution in [0.1, 0.15) is 16.8 Å². The molecule has 0 fully saturated rings. The van der Waals surface area contributed by atoms with Crippen LogP contribution >= 0.6 is 0 Å². The number of hydrogen-bond acceptors (Lipinski definition) is 5. The van der Waals surface area contributed by atoms with E-state index in [1.807, 2.05) is 24.3 Å². The molecule has 2 aromatic carbocycles. The number of benzene rings is 2. The molecule has 0 spiro atoms. The zero-order valence-corrected chi connectivity index (χ0v) is 13.6. The van der Waals surface area contributed by atoms with Crippen LogP contribution in [-0.2, 0) is 0 Å². The zero-order chi connectivity index (χ0) is 16.7. The van der Waals surface area contributed by atoms with E-state index in [2.05, 4.69) is 5.32 Å². The molecule has 5 nitrogen and oxygen atoms in total. The molecule has 2 aromatic rings. The number of carbonyl (C=O) groups is 1. The quantitative estimate of drug-likeness (QED) is 0.757. The summed E-state index contributed by atoms with van der Waals surface area (Å²) in [6, 6.07) is 12.8. The number of Topliss-reactive ketones (excluding diaryl/α,β-unsaturated/α-hetero) is 1. The molecule has 0 unspecified atom stereocenters. The molecule has 0 saturated carbocycles. The predicted molar refractivity (Wildman–Crippen MR) is 90.0 cm³/mol. The second-order valence-corrected chi connectivity index (χ2v) is 4.90. The summed E-state index contributed by atoms with van der Waals surface area (Å²) in [5.74, 6) is 2.02. The standard InChI is InChI=1S/C18H21NO4/c1-21-15-7-5-14(6-8-15)19-11-10-16(20)13-4-9-17(22-2)18(12-13)23-3/h4-9,12,19H,10-11H2,1-3H3. The highest BCUT2D eigenvalue weighted by Crippen LogP contribution is 2.28. The van der Waals surface area contributed by atoms with Crippen LogP contribution < -0.4 is 19.5 Å². The second kappa shape index (κ2) is 8.08. The molecular formula is C18H21NO4. The molecule has 0 aromatic heterocycles. The van der Waals surface area contributed by atoms with Crippen LogP contribution in [0.15, 0.2) is 42.5 Å². The van der Waals surface area contributed by atoms with E-state index in [0.29, 0.717) is 30.0 Å². The van der Waals surface area contributed by atoms with Crippen LogP contribution in [0.25, 0.3) is 0 Å². The average Bonchev–Trinajstić information content (AvgIpc) is 2.61. The lowest BCUT2D eigenvalue weighted by atomic mass is 10.1. The number of nitrogens with one attached hydrogen (secondary N) is 1. The van der Waals surface area contributed by atoms with Gasteiger partial charge in [-0.05, 0) is 42.5 Å². The van der Waals surface area contributed by atoms with Crippen LogP contribution in [0.4, 0.5) is 5.69 Å². The van der Waals surface area contributed by atoms with Gasteiger partial charge in [0.1, 0.15) is 5.75 Å². The molecule has 0 aliphatic rings. The summed E-state index contributed by atoms with van der Waals surface area (Å²) < 4.78 is 15.5. The Morgan fingerprint density at radius 3 is 2.22 bits per heavy atom. The first kappa shape index (κ1) is 16.7. The van der Waals surface area contributed by atoms with Gasteiger partial charge in [-0.2, -0.15) is 0 Å². The van der Waals surface area contributed by atoms with Crippen LogP contribution in [0.5, 0.6) is 17.2 Å². The van der Waals surface area contributed by atoms with E-state index in [1.165, 1.54) is 0 Å². The Kier molecular flexibility index (Phi) is 5.86. The van der Waals surface area contributed by atoms with Crippen molar-refractivity contribution in [2.75, 3.05) is 33.2 Å². The number of carbonyl (C=O) groups excluding carboxylic acids is 1. The molecule has 122 valence electrons.